The maximum atomic E-state index is 13.0. The molecule has 0 saturated heterocycles. The monoisotopic (exact) mass is 242 g/mol. The second-order valence-corrected chi connectivity index (χ2v) is 4.72. The van der Waals surface area contributed by atoms with E-state index in [0.29, 0.717) is 5.92 Å². The summed E-state index contributed by atoms with van der Waals surface area (Å²) in [5, 5.41) is 0. The number of rotatable bonds is 4. The van der Waals surface area contributed by atoms with E-state index < -0.39 is 0 Å². The smallest absolute Gasteiger partial charge is 0.123 e. The Balaban J connectivity index is 2.33. The second-order valence-electron chi connectivity index (χ2n) is 4.72. The third kappa shape index (κ3) is 2.79. The fourth-order valence-electron chi connectivity index (χ4n) is 2.38. The van der Waals surface area contributed by atoms with Gasteiger partial charge in [0, 0.05) is 5.92 Å². The Bertz CT molecular complexity index is 499. The van der Waals surface area contributed by atoms with Crippen molar-refractivity contribution in [2.24, 2.45) is 0 Å². The molecule has 18 heavy (non-hydrogen) atoms. The number of hydrogen-bond acceptors (Lipinski definition) is 0. The Kier molecular flexibility index (Phi) is 4.14. The first-order valence-corrected chi connectivity index (χ1v) is 6.55. The van der Waals surface area contributed by atoms with E-state index in [0.717, 1.165) is 12.8 Å². The van der Waals surface area contributed by atoms with Crippen LogP contribution in [-0.2, 0) is 6.42 Å². The third-order valence-corrected chi connectivity index (χ3v) is 3.41. The Morgan fingerprint density at radius 2 is 1.67 bits per heavy atom. The standard InChI is InChI=1S/C17H19F/c1-3-6-15-7-4-5-8-17(15)13(2)14-9-11-16(18)12-10-14/h4-5,7-13H,3,6H2,1-2H3/t13-/m0/s1. The quantitative estimate of drug-likeness (QED) is 0.713. The van der Waals surface area contributed by atoms with Gasteiger partial charge in [0.15, 0.2) is 0 Å². The highest BCUT2D eigenvalue weighted by atomic mass is 19.1. The van der Waals surface area contributed by atoms with Crippen molar-refractivity contribution in [3.63, 3.8) is 0 Å². The fraction of sp³-hybridized carbons (Fsp3) is 0.294. The zero-order chi connectivity index (χ0) is 13.0. The van der Waals surface area contributed by atoms with E-state index in [1.165, 1.54) is 28.8 Å². The van der Waals surface area contributed by atoms with Gasteiger partial charge in [0.05, 0.1) is 0 Å². The van der Waals surface area contributed by atoms with Crippen LogP contribution in [0.2, 0.25) is 0 Å². The van der Waals surface area contributed by atoms with Crippen LogP contribution in [0.4, 0.5) is 4.39 Å². The summed E-state index contributed by atoms with van der Waals surface area (Å²) in [5.41, 5.74) is 3.92. The summed E-state index contributed by atoms with van der Waals surface area (Å²) in [6.07, 6.45) is 2.24. The lowest BCUT2D eigenvalue weighted by Crippen LogP contribution is -2.01. The van der Waals surface area contributed by atoms with Gasteiger partial charge < -0.3 is 0 Å². The molecule has 1 heteroatoms. The van der Waals surface area contributed by atoms with Crippen molar-refractivity contribution in [2.45, 2.75) is 32.6 Å². The lowest BCUT2D eigenvalue weighted by molar-refractivity contribution is 0.626. The van der Waals surface area contributed by atoms with Crippen molar-refractivity contribution < 1.29 is 4.39 Å². The predicted octanol–water partition coefficient (Wildman–Crippen LogP) is 4.93. The van der Waals surface area contributed by atoms with Crippen molar-refractivity contribution >= 4 is 0 Å². The summed E-state index contributed by atoms with van der Waals surface area (Å²) in [7, 11) is 0. The van der Waals surface area contributed by atoms with Crippen LogP contribution in [-0.4, -0.2) is 0 Å². The first-order chi connectivity index (χ1) is 8.72. The summed E-state index contributed by atoms with van der Waals surface area (Å²) < 4.78 is 13.0. The summed E-state index contributed by atoms with van der Waals surface area (Å²) in [6.45, 7) is 4.38. The van der Waals surface area contributed by atoms with E-state index >= 15 is 0 Å². The van der Waals surface area contributed by atoms with Crippen LogP contribution >= 0.6 is 0 Å². The molecule has 0 heterocycles. The molecule has 0 aliphatic carbocycles. The van der Waals surface area contributed by atoms with E-state index in [1.807, 2.05) is 12.1 Å². The lowest BCUT2D eigenvalue weighted by atomic mass is 9.88. The maximum absolute atomic E-state index is 13.0. The molecule has 0 N–H and O–H groups in total. The summed E-state index contributed by atoms with van der Waals surface area (Å²) >= 11 is 0. The molecule has 1 atom stereocenters. The zero-order valence-electron chi connectivity index (χ0n) is 11.0. The highest BCUT2D eigenvalue weighted by Crippen LogP contribution is 2.27. The van der Waals surface area contributed by atoms with Gasteiger partial charge in [0.1, 0.15) is 5.82 Å². The van der Waals surface area contributed by atoms with Crippen LogP contribution in [0.15, 0.2) is 48.5 Å². The lowest BCUT2D eigenvalue weighted by Gasteiger charge is -2.16. The second kappa shape index (κ2) is 5.81. The zero-order valence-corrected chi connectivity index (χ0v) is 11.0. The molecule has 0 amide bonds. The minimum Gasteiger partial charge on any atom is -0.207 e. The molecule has 0 aliphatic heterocycles. The Labute approximate surface area is 108 Å². The van der Waals surface area contributed by atoms with Gasteiger partial charge in [-0.15, -0.1) is 0 Å². The van der Waals surface area contributed by atoms with Crippen LogP contribution in [0.1, 0.15) is 42.9 Å². The van der Waals surface area contributed by atoms with Crippen molar-refractivity contribution in [2.75, 3.05) is 0 Å². The van der Waals surface area contributed by atoms with E-state index in [9.17, 15) is 4.39 Å². The number of benzene rings is 2. The van der Waals surface area contributed by atoms with Crippen LogP contribution in [0.25, 0.3) is 0 Å². The number of halogens is 1. The Hall–Kier alpha value is -1.63. The highest BCUT2D eigenvalue weighted by molar-refractivity contribution is 5.37. The molecule has 2 aromatic carbocycles. The van der Waals surface area contributed by atoms with Crippen molar-refractivity contribution in [1.29, 1.82) is 0 Å². The minimum absolute atomic E-state index is 0.173. The van der Waals surface area contributed by atoms with E-state index in [-0.39, 0.29) is 5.82 Å². The normalized spacial score (nSPS) is 12.4. The molecular weight excluding hydrogens is 223 g/mol. The van der Waals surface area contributed by atoms with Crippen molar-refractivity contribution in [3.8, 4) is 0 Å². The van der Waals surface area contributed by atoms with Crippen LogP contribution < -0.4 is 0 Å². The average Bonchev–Trinajstić information content (AvgIpc) is 2.40. The Morgan fingerprint density at radius 3 is 2.33 bits per heavy atom. The molecule has 0 aromatic heterocycles. The summed E-state index contributed by atoms with van der Waals surface area (Å²) in [5.74, 6) is 0.140. The Morgan fingerprint density at radius 1 is 1.00 bits per heavy atom. The first kappa shape index (κ1) is 12.8. The van der Waals surface area contributed by atoms with Gasteiger partial charge in [0.25, 0.3) is 0 Å². The largest absolute Gasteiger partial charge is 0.207 e. The summed E-state index contributed by atoms with van der Waals surface area (Å²) in [6, 6.07) is 15.4. The van der Waals surface area contributed by atoms with Gasteiger partial charge in [-0.2, -0.15) is 0 Å². The molecule has 0 nitrogen and oxygen atoms in total. The molecule has 0 fully saturated rings. The first-order valence-electron chi connectivity index (χ1n) is 6.55. The van der Waals surface area contributed by atoms with E-state index in [2.05, 4.69) is 38.1 Å². The van der Waals surface area contributed by atoms with Gasteiger partial charge in [-0.3, -0.25) is 0 Å². The third-order valence-electron chi connectivity index (χ3n) is 3.41. The van der Waals surface area contributed by atoms with Crippen LogP contribution in [0.3, 0.4) is 0 Å². The molecular formula is C17H19F. The van der Waals surface area contributed by atoms with E-state index in [4.69, 9.17) is 0 Å². The van der Waals surface area contributed by atoms with Gasteiger partial charge in [0.2, 0.25) is 0 Å². The van der Waals surface area contributed by atoms with Gasteiger partial charge >= 0.3 is 0 Å². The molecule has 94 valence electrons. The molecule has 0 unspecified atom stereocenters. The highest BCUT2D eigenvalue weighted by Gasteiger charge is 2.11. The van der Waals surface area contributed by atoms with Crippen LogP contribution in [0, 0.1) is 5.82 Å². The molecule has 0 aliphatic rings. The number of hydrogen-bond donors (Lipinski definition) is 0. The average molecular weight is 242 g/mol. The summed E-state index contributed by atoms with van der Waals surface area (Å²) in [4.78, 5) is 0. The molecule has 2 rings (SSSR count). The molecule has 0 radical (unpaired) electrons. The van der Waals surface area contributed by atoms with Crippen LogP contribution in [0.5, 0.6) is 0 Å². The van der Waals surface area contributed by atoms with Crippen molar-refractivity contribution in [1.82, 2.24) is 0 Å². The molecule has 0 bridgehead atoms. The molecule has 0 spiro atoms. The maximum Gasteiger partial charge on any atom is 0.123 e. The molecule has 0 saturated carbocycles. The minimum atomic E-state index is -0.173. The number of aryl methyl sites for hydroxylation is 1. The van der Waals surface area contributed by atoms with E-state index in [1.54, 1.807) is 0 Å². The molecule has 2 aromatic rings. The van der Waals surface area contributed by atoms with Gasteiger partial charge in [-0.05, 0) is 35.2 Å². The van der Waals surface area contributed by atoms with Gasteiger partial charge in [-0.25, -0.2) is 4.39 Å². The van der Waals surface area contributed by atoms with Gasteiger partial charge in [-0.1, -0.05) is 56.7 Å². The topological polar surface area (TPSA) is 0 Å². The SMILES string of the molecule is CCCc1ccccc1[C@@H](C)c1ccc(F)cc1. The van der Waals surface area contributed by atoms with Crippen molar-refractivity contribution in [3.05, 3.63) is 71.0 Å². The fourth-order valence-corrected chi connectivity index (χ4v) is 2.38. The predicted molar refractivity (Wildman–Crippen MR) is 74.4 cm³/mol.